The molecular formula is C23H27FN2O. The number of aliphatic hydroxyl groups is 1. The van der Waals surface area contributed by atoms with E-state index in [0.29, 0.717) is 18.0 Å². The van der Waals surface area contributed by atoms with Crippen LogP contribution in [0, 0.1) is 5.82 Å². The van der Waals surface area contributed by atoms with E-state index in [1.54, 1.807) is 6.20 Å². The molecule has 0 bridgehead atoms. The Kier molecular flexibility index (Phi) is 6.19. The lowest BCUT2D eigenvalue weighted by atomic mass is 9.90. The smallest absolute Gasteiger partial charge is 0.149 e. The third kappa shape index (κ3) is 5.12. The molecule has 4 heteroatoms. The van der Waals surface area contributed by atoms with Crippen LogP contribution in [0.2, 0.25) is 0 Å². The maximum atomic E-state index is 13.9. The number of hydrogen-bond acceptors (Lipinski definition) is 3. The Morgan fingerprint density at radius 1 is 1.15 bits per heavy atom. The maximum Gasteiger partial charge on any atom is 0.149 e. The van der Waals surface area contributed by atoms with Gasteiger partial charge < -0.3 is 10.4 Å². The predicted octanol–water partition coefficient (Wildman–Crippen LogP) is 4.93. The Bertz CT molecular complexity index is 880. The summed E-state index contributed by atoms with van der Waals surface area (Å²) in [6.07, 6.45) is 5.54. The second-order valence-electron chi connectivity index (χ2n) is 7.49. The minimum absolute atomic E-state index is 0.287. The van der Waals surface area contributed by atoms with Gasteiger partial charge in [-0.3, -0.25) is 4.98 Å². The lowest BCUT2D eigenvalue weighted by Gasteiger charge is -2.24. The van der Waals surface area contributed by atoms with E-state index in [-0.39, 0.29) is 5.82 Å². The number of nitrogens with one attached hydrogen (secondary N) is 1. The van der Waals surface area contributed by atoms with E-state index in [9.17, 15) is 9.50 Å². The molecule has 1 unspecified atom stereocenters. The number of rotatable bonds is 8. The zero-order valence-electron chi connectivity index (χ0n) is 16.0. The fourth-order valence-electron chi connectivity index (χ4n) is 3.37. The zero-order chi connectivity index (χ0) is 19.3. The fourth-order valence-corrected chi connectivity index (χ4v) is 3.37. The van der Waals surface area contributed by atoms with Crippen molar-refractivity contribution < 1.29 is 9.50 Å². The van der Waals surface area contributed by atoms with Crippen LogP contribution < -0.4 is 5.32 Å². The number of aromatic nitrogens is 1. The molecule has 2 aromatic carbocycles. The van der Waals surface area contributed by atoms with E-state index in [2.05, 4.69) is 17.2 Å². The van der Waals surface area contributed by atoms with E-state index in [1.165, 1.54) is 6.20 Å². The molecule has 3 aromatic rings. The van der Waals surface area contributed by atoms with Crippen molar-refractivity contribution in [3.05, 3.63) is 77.9 Å². The van der Waals surface area contributed by atoms with Crippen molar-refractivity contribution in [2.45, 2.75) is 51.3 Å². The lowest BCUT2D eigenvalue weighted by molar-refractivity contribution is 0.0443. The van der Waals surface area contributed by atoms with Crippen LogP contribution in [0.25, 0.3) is 10.8 Å². The summed E-state index contributed by atoms with van der Waals surface area (Å²) in [6.45, 7) is 4.70. The molecule has 2 atom stereocenters. The highest BCUT2D eigenvalue weighted by molar-refractivity contribution is 5.82. The molecule has 27 heavy (non-hydrogen) atoms. The van der Waals surface area contributed by atoms with Gasteiger partial charge in [0.25, 0.3) is 0 Å². The normalized spacial score (nSPS) is 14.8. The van der Waals surface area contributed by atoms with Crippen LogP contribution in [-0.2, 0) is 12.1 Å². The van der Waals surface area contributed by atoms with E-state index >= 15 is 0 Å². The van der Waals surface area contributed by atoms with Crippen molar-refractivity contribution in [3.8, 4) is 0 Å². The Morgan fingerprint density at radius 3 is 2.70 bits per heavy atom. The molecule has 3 rings (SSSR count). The minimum atomic E-state index is -0.801. The highest BCUT2D eigenvalue weighted by Crippen LogP contribution is 2.26. The Morgan fingerprint density at radius 2 is 1.93 bits per heavy atom. The summed E-state index contributed by atoms with van der Waals surface area (Å²) in [7, 11) is 0. The Labute approximate surface area is 160 Å². The van der Waals surface area contributed by atoms with Crippen molar-refractivity contribution >= 4 is 10.8 Å². The molecule has 0 aliphatic heterocycles. The van der Waals surface area contributed by atoms with Gasteiger partial charge in [0.2, 0.25) is 0 Å². The molecular weight excluding hydrogens is 339 g/mol. The molecule has 3 nitrogen and oxygen atoms in total. The van der Waals surface area contributed by atoms with Crippen LogP contribution >= 0.6 is 0 Å². The van der Waals surface area contributed by atoms with Crippen LogP contribution in [-0.4, -0.2) is 16.1 Å². The quantitative estimate of drug-likeness (QED) is 0.594. The van der Waals surface area contributed by atoms with Crippen molar-refractivity contribution in [1.29, 1.82) is 0 Å². The highest BCUT2D eigenvalue weighted by atomic mass is 19.1. The SMILES string of the molecule is C[C@H](CCCC(C)(O)c1ccccc1)NCc1ccc2cncc(F)c2c1. The Hall–Kier alpha value is -2.30. The molecule has 0 amide bonds. The number of halogens is 1. The van der Waals surface area contributed by atoms with E-state index in [0.717, 1.165) is 35.8 Å². The second kappa shape index (κ2) is 8.59. The van der Waals surface area contributed by atoms with Crippen LogP contribution in [0.4, 0.5) is 4.39 Å². The maximum absolute atomic E-state index is 13.9. The first-order valence-electron chi connectivity index (χ1n) is 9.49. The van der Waals surface area contributed by atoms with Gasteiger partial charge >= 0.3 is 0 Å². The van der Waals surface area contributed by atoms with E-state index in [1.807, 2.05) is 55.5 Å². The lowest BCUT2D eigenvalue weighted by Crippen LogP contribution is -2.27. The van der Waals surface area contributed by atoms with Gasteiger partial charge in [-0.1, -0.05) is 42.5 Å². The third-order valence-electron chi connectivity index (χ3n) is 5.13. The molecule has 0 saturated carbocycles. The Balaban J connectivity index is 1.49. The predicted molar refractivity (Wildman–Crippen MR) is 108 cm³/mol. The van der Waals surface area contributed by atoms with Crippen molar-refractivity contribution in [3.63, 3.8) is 0 Å². The van der Waals surface area contributed by atoms with Gasteiger partial charge in [-0.15, -0.1) is 0 Å². The van der Waals surface area contributed by atoms with Gasteiger partial charge in [0.1, 0.15) is 5.82 Å². The number of benzene rings is 2. The third-order valence-corrected chi connectivity index (χ3v) is 5.13. The second-order valence-corrected chi connectivity index (χ2v) is 7.49. The fraction of sp³-hybridized carbons (Fsp3) is 0.348. The topological polar surface area (TPSA) is 45.1 Å². The number of nitrogens with zero attached hydrogens (tertiary/aromatic N) is 1. The van der Waals surface area contributed by atoms with Crippen LogP contribution in [0.1, 0.15) is 44.2 Å². The first-order chi connectivity index (χ1) is 13.0. The number of fused-ring (bicyclic) bond motifs is 1. The van der Waals surface area contributed by atoms with Crippen molar-refractivity contribution in [1.82, 2.24) is 10.3 Å². The molecule has 0 aliphatic rings. The largest absolute Gasteiger partial charge is 0.385 e. The summed E-state index contributed by atoms with van der Waals surface area (Å²) in [5.74, 6) is -0.287. The average molecular weight is 366 g/mol. The first-order valence-corrected chi connectivity index (χ1v) is 9.49. The van der Waals surface area contributed by atoms with Gasteiger partial charge in [-0.05, 0) is 50.3 Å². The summed E-state index contributed by atoms with van der Waals surface area (Å²) < 4.78 is 13.9. The first kappa shape index (κ1) is 19.5. The molecule has 1 heterocycles. The summed E-state index contributed by atoms with van der Waals surface area (Å²) >= 11 is 0. The molecule has 0 aliphatic carbocycles. The molecule has 2 N–H and O–H groups in total. The van der Waals surface area contributed by atoms with E-state index < -0.39 is 5.60 Å². The van der Waals surface area contributed by atoms with Crippen LogP contribution in [0.5, 0.6) is 0 Å². The van der Waals surface area contributed by atoms with Crippen LogP contribution in [0.15, 0.2) is 60.9 Å². The number of pyridine rings is 1. The van der Waals surface area contributed by atoms with Gasteiger partial charge in [0, 0.05) is 29.6 Å². The molecule has 0 radical (unpaired) electrons. The molecule has 0 spiro atoms. The van der Waals surface area contributed by atoms with Gasteiger partial charge in [-0.2, -0.15) is 0 Å². The monoisotopic (exact) mass is 366 g/mol. The standard InChI is InChI=1S/C23H27FN2O/c1-17(7-6-12-23(2,27)20-8-4-3-5-9-20)26-14-18-10-11-19-15-25-16-22(24)21(19)13-18/h3-5,8-11,13,15-17,26-27H,6-7,12,14H2,1-2H3/t17-,23?/m1/s1. The van der Waals surface area contributed by atoms with Gasteiger partial charge in [-0.25, -0.2) is 4.39 Å². The van der Waals surface area contributed by atoms with Crippen molar-refractivity contribution in [2.75, 3.05) is 0 Å². The van der Waals surface area contributed by atoms with Gasteiger partial charge in [0.15, 0.2) is 0 Å². The average Bonchev–Trinajstić information content (AvgIpc) is 2.67. The summed E-state index contributed by atoms with van der Waals surface area (Å²) in [6, 6.07) is 15.9. The zero-order valence-corrected chi connectivity index (χ0v) is 16.0. The minimum Gasteiger partial charge on any atom is -0.385 e. The molecule has 1 aromatic heterocycles. The summed E-state index contributed by atoms with van der Waals surface area (Å²) in [5.41, 5.74) is 1.21. The summed E-state index contributed by atoms with van der Waals surface area (Å²) in [4.78, 5) is 3.88. The molecule has 0 saturated heterocycles. The van der Waals surface area contributed by atoms with Crippen LogP contribution in [0.3, 0.4) is 0 Å². The molecule has 0 fully saturated rings. The summed E-state index contributed by atoms with van der Waals surface area (Å²) in [5, 5.41) is 15.6. The van der Waals surface area contributed by atoms with Crippen molar-refractivity contribution in [2.24, 2.45) is 0 Å². The van der Waals surface area contributed by atoms with Gasteiger partial charge in [0.05, 0.1) is 11.8 Å². The highest BCUT2D eigenvalue weighted by Gasteiger charge is 2.22. The number of hydrogen-bond donors (Lipinski definition) is 2. The van der Waals surface area contributed by atoms with E-state index in [4.69, 9.17) is 0 Å². The molecule has 142 valence electrons.